The van der Waals surface area contributed by atoms with Crippen LogP contribution in [0.3, 0.4) is 0 Å². The first kappa shape index (κ1) is 27.0. The molecule has 0 atom stereocenters. The number of nitriles is 1. The molecule has 0 aliphatic rings. The van der Waals surface area contributed by atoms with Crippen molar-refractivity contribution in [2.45, 2.75) is 6.92 Å². The van der Waals surface area contributed by atoms with Crippen LogP contribution in [-0.4, -0.2) is 23.4 Å². The third kappa shape index (κ3) is 6.11. The van der Waals surface area contributed by atoms with Crippen LogP contribution in [0.15, 0.2) is 88.9 Å². The first-order valence-electron chi connectivity index (χ1n) is 11.6. The van der Waals surface area contributed by atoms with Gasteiger partial charge in [0.25, 0.3) is 11.6 Å². The number of anilines is 1. The number of hydrogen-bond donors (Lipinski definition) is 1. The highest BCUT2D eigenvalue weighted by Crippen LogP contribution is 2.38. The zero-order valence-corrected chi connectivity index (χ0v) is 22.1. The highest BCUT2D eigenvalue weighted by molar-refractivity contribution is 9.10. The second-order valence-electron chi connectivity index (χ2n) is 8.08. The maximum Gasteiger partial charge on any atom is 0.344 e. The Kier molecular flexibility index (Phi) is 8.33. The number of halogens is 1. The Hall–Kier alpha value is -5.01. The molecular weight excluding hydrogens is 566 g/mol. The lowest BCUT2D eigenvalue weighted by Crippen LogP contribution is -2.14. The molecule has 0 aliphatic heterocycles. The van der Waals surface area contributed by atoms with Crippen LogP contribution in [0.1, 0.15) is 22.8 Å². The lowest BCUT2D eigenvalue weighted by molar-refractivity contribution is -0.383. The molecule has 0 aromatic heterocycles. The predicted octanol–water partition coefficient (Wildman–Crippen LogP) is 6.67. The van der Waals surface area contributed by atoms with E-state index in [1.54, 1.807) is 25.1 Å². The number of nitro groups is 1. The van der Waals surface area contributed by atoms with E-state index in [2.05, 4.69) is 21.2 Å². The van der Waals surface area contributed by atoms with Crippen LogP contribution in [0.5, 0.6) is 11.5 Å². The minimum Gasteiger partial charge on any atom is -0.490 e. The second kappa shape index (κ2) is 12.0. The fraction of sp³-hybridized carbons (Fsp3) is 0.0690. The molecule has 0 radical (unpaired) electrons. The Morgan fingerprint density at radius 1 is 1.08 bits per heavy atom. The maximum atomic E-state index is 13.1. The van der Waals surface area contributed by atoms with Crippen LogP contribution in [0, 0.1) is 21.4 Å². The van der Waals surface area contributed by atoms with Gasteiger partial charge < -0.3 is 14.8 Å². The number of hydrogen-bond acceptors (Lipinski definition) is 7. The molecule has 0 saturated heterocycles. The molecule has 39 heavy (non-hydrogen) atoms. The van der Waals surface area contributed by atoms with Gasteiger partial charge in [-0.2, -0.15) is 5.26 Å². The van der Waals surface area contributed by atoms with Gasteiger partial charge >= 0.3 is 5.97 Å². The summed E-state index contributed by atoms with van der Waals surface area (Å²) in [5, 5.41) is 24.9. The number of benzene rings is 4. The fourth-order valence-electron chi connectivity index (χ4n) is 3.83. The van der Waals surface area contributed by atoms with E-state index in [4.69, 9.17) is 9.47 Å². The summed E-state index contributed by atoms with van der Waals surface area (Å²) in [6.07, 6.45) is 1.30. The molecule has 1 amide bonds. The van der Waals surface area contributed by atoms with E-state index in [0.717, 1.165) is 10.8 Å². The number of fused-ring (bicyclic) bond motifs is 1. The van der Waals surface area contributed by atoms with Crippen LogP contribution in [-0.2, 0) is 4.79 Å². The number of esters is 1. The van der Waals surface area contributed by atoms with E-state index >= 15 is 0 Å². The van der Waals surface area contributed by atoms with Crippen molar-refractivity contribution in [3.63, 3.8) is 0 Å². The van der Waals surface area contributed by atoms with Gasteiger partial charge in [-0.25, -0.2) is 4.79 Å². The molecule has 0 saturated carbocycles. The minimum absolute atomic E-state index is 0.0412. The molecule has 0 aliphatic carbocycles. The zero-order chi connectivity index (χ0) is 27.9. The molecule has 4 rings (SSSR count). The van der Waals surface area contributed by atoms with Gasteiger partial charge in [0.2, 0.25) is 0 Å². The molecule has 1 N–H and O–H groups in total. The highest BCUT2D eigenvalue weighted by atomic mass is 79.9. The van der Waals surface area contributed by atoms with Gasteiger partial charge in [-0.1, -0.05) is 48.5 Å². The third-order valence-electron chi connectivity index (χ3n) is 5.56. The average molecular weight is 586 g/mol. The summed E-state index contributed by atoms with van der Waals surface area (Å²) in [5.74, 6) is -1.07. The van der Waals surface area contributed by atoms with Crippen LogP contribution in [0.25, 0.3) is 16.8 Å². The summed E-state index contributed by atoms with van der Waals surface area (Å²) in [7, 11) is 0. The van der Waals surface area contributed by atoms with Crippen LogP contribution in [0.4, 0.5) is 11.4 Å². The van der Waals surface area contributed by atoms with Crippen molar-refractivity contribution in [3.05, 3.63) is 110 Å². The minimum atomic E-state index is -0.827. The van der Waals surface area contributed by atoms with Crippen LogP contribution >= 0.6 is 15.9 Å². The van der Waals surface area contributed by atoms with E-state index in [0.29, 0.717) is 15.6 Å². The number of ether oxygens (including phenoxy) is 2. The highest BCUT2D eigenvalue weighted by Gasteiger charge is 2.20. The molecule has 194 valence electrons. The normalized spacial score (nSPS) is 10.9. The molecular formula is C29H20BrN3O6. The van der Waals surface area contributed by atoms with E-state index in [1.165, 1.54) is 36.4 Å². The molecule has 0 spiro atoms. The Balaban J connectivity index is 1.65. The Labute approximate surface area is 231 Å². The molecule has 4 aromatic rings. The van der Waals surface area contributed by atoms with Gasteiger partial charge in [0.05, 0.1) is 21.6 Å². The van der Waals surface area contributed by atoms with Crippen molar-refractivity contribution in [1.29, 1.82) is 5.26 Å². The monoisotopic (exact) mass is 585 g/mol. The summed E-state index contributed by atoms with van der Waals surface area (Å²) in [6, 6.07) is 23.3. The SMILES string of the molecule is CCOc1cc(/C=C(/C#N)C(=O)Nc2ccccc2[N+](=O)[O-])cc(Br)c1OC(=O)c1cccc2ccccc12. The summed E-state index contributed by atoms with van der Waals surface area (Å²) in [6.45, 7) is 2.01. The summed E-state index contributed by atoms with van der Waals surface area (Å²) < 4.78 is 11.8. The van der Waals surface area contributed by atoms with E-state index in [9.17, 15) is 25.0 Å². The van der Waals surface area contributed by atoms with Crippen LogP contribution < -0.4 is 14.8 Å². The van der Waals surface area contributed by atoms with Crippen molar-refractivity contribution >= 4 is 56.0 Å². The molecule has 0 heterocycles. The standard InChI is InChI=1S/C29H20BrN3O6/c1-2-38-26-16-18(14-20(17-31)28(34)32-24-12-5-6-13-25(24)33(36)37)15-23(30)27(26)39-29(35)22-11-7-9-19-8-3-4-10-21(19)22/h3-16H,2H2,1H3,(H,32,34)/b20-14-. The smallest absolute Gasteiger partial charge is 0.344 e. The number of nitrogens with one attached hydrogen (secondary N) is 1. The quantitative estimate of drug-likeness (QED) is 0.0609. The van der Waals surface area contributed by atoms with E-state index in [-0.39, 0.29) is 35.1 Å². The first-order valence-corrected chi connectivity index (χ1v) is 12.4. The van der Waals surface area contributed by atoms with Crippen LogP contribution in [0.2, 0.25) is 0 Å². The van der Waals surface area contributed by atoms with Gasteiger partial charge in [0.15, 0.2) is 11.5 Å². The topological polar surface area (TPSA) is 132 Å². The van der Waals surface area contributed by atoms with E-state index < -0.39 is 16.8 Å². The third-order valence-corrected chi connectivity index (χ3v) is 6.15. The van der Waals surface area contributed by atoms with Gasteiger partial charge in [-0.15, -0.1) is 0 Å². The number of carbonyl (C=O) groups excluding carboxylic acids is 2. The summed E-state index contributed by atoms with van der Waals surface area (Å²) in [4.78, 5) is 36.5. The number of rotatable bonds is 8. The average Bonchev–Trinajstić information content (AvgIpc) is 2.93. The van der Waals surface area contributed by atoms with Gasteiger partial charge in [0, 0.05) is 6.07 Å². The number of carbonyl (C=O) groups is 2. The second-order valence-corrected chi connectivity index (χ2v) is 8.93. The van der Waals surface area contributed by atoms with Crippen molar-refractivity contribution in [1.82, 2.24) is 0 Å². The fourth-order valence-corrected chi connectivity index (χ4v) is 4.37. The van der Waals surface area contributed by atoms with Crippen molar-refractivity contribution in [2.24, 2.45) is 0 Å². The van der Waals surface area contributed by atoms with Crippen molar-refractivity contribution < 1.29 is 24.0 Å². The van der Waals surface area contributed by atoms with Gasteiger partial charge in [-0.05, 0) is 69.5 Å². The lowest BCUT2D eigenvalue weighted by Gasteiger charge is -2.14. The number of para-hydroxylation sites is 2. The predicted molar refractivity (Wildman–Crippen MR) is 150 cm³/mol. The maximum absolute atomic E-state index is 13.1. The molecule has 0 unspecified atom stereocenters. The molecule has 4 aromatic carbocycles. The molecule has 9 nitrogen and oxygen atoms in total. The van der Waals surface area contributed by atoms with Gasteiger partial charge in [-0.3, -0.25) is 14.9 Å². The summed E-state index contributed by atoms with van der Waals surface area (Å²) in [5.41, 5.74) is 0.125. The number of nitrogens with zero attached hydrogens (tertiary/aromatic N) is 2. The Morgan fingerprint density at radius 2 is 1.79 bits per heavy atom. The molecule has 0 bridgehead atoms. The zero-order valence-electron chi connectivity index (χ0n) is 20.5. The lowest BCUT2D eigenvalue weighted by atomic mass is 10.0. The molecule has 10 heteroatoms. The molecule has 0 fully saturated rings. The van der Waals surface area contributed by atoms with Gasteiger partial charge in [0.1, 0.15) is 17.3 Å². The van der Waals surface area contributed by atoms with Crippen molar-refractivity contribution in [2.75, 3.05) is 11.9 Å². The number of nitro benzene ring substituents is 1. The van der Waals surface area contributed by atoms with Crippen molar-refractivity contribution in [3.8, 4) is 17.6 Å². The first-order chi connectivity index (χ1) is 18.8. The Bertz CT molecular complexity index is 1670. The Morgan fingerprint density at radius 3 is 2.54 bits per heavy atom. The van der Waals surface area contributed by atoms with E-state index in [1.807, 2.05) is 36.4 Å². The number of amides is 1. The largest absolute Gasteiger partial charge is 0.490 e. The summed E-state index contributed by atoms with van der Waals surface area (Å²) >= 11 is 3.40.